The third-order valence-electron chi connectivity index (χ3n) is 3.80. The van der Waals surface area contributed by atoms with Crippen LogP contribution >= 0.6 is 0 Å². The normalized spacial score (nSPS) is 27.3. The van der Waals surface area contributed by atoms with E-state index in [4.69, 9.17) is 24.5 Å². The Bertz CT molecular complexity index is 693. The average molecular weight is 379 g/mol. The summed E-state index contributed by atoms with van der Waals surface area (Å²) in [7, 11) is 0. The fourth-order valence-electron chi connectivity index (χ4n) is 2.68. The van der Waals surface area contributed by atoms with Gasteiger partial charge in [0, 0.05) is 18.8 Å². The quantitative estimate of drug-likeness (QED) is 0.327. The number of nitrogens with zero attached hydrogens (tertiary/aromatic N) is 3. The van der Waals surface area contributed by atoms with Gasteiger partial charge < -0.3 is 24.1 Å². The molecule has 0 radical (unpaired) electrons. The number of hydrogen-bond donors (Lipinski definition) is 1. The molecule has 1 aliphatic heterocycles. The van der Waals surface area contributed by atoms with E-state index in [1.54, 1.807) is 0 Å². The molecule has 0 saturated carbocycles. The number of carbonyl (C=O) groups is 2. The molecular formula is C17H21N3O7. The first-order chi connectivity index (χ1) is 12.9. The maximum absolute atomic E-state index is 11.4. The summed E-state index contributed by atoms with van der Waals surface area (Å²) in [5, 5.41) is 14.0. The summed E-state index contributed by atoms with van der Waals surface area (Å²) in [5.74, 6) is -1.37. The predicted octanol–water partition coefficient (Wildman–Crippen LogP) is 1.46. The van der Waals surface area contributed by atoms with Crippen LogP contribution < -0.4 is 0 Å². The van der Waals surface area contributed by atoms with Crippen LogP contribution in [0.4, 0.5) is 0 Å². The molecule has 0 spiro atoms. The first kappa shape index (κ1) is 20.7. The summed E-state index contributed by atoms with van der Waals surface area (Å²) >= 11 is 0. The molecule has 0 bridgehead atoms. The predicted molar refractivity (Wildman–Crippen MR) is 91.0 cm³/mol. The van der Waals surface area contributed by atoms with Crippen LogP contribution in [0.25, 0.3) is 10.4 Å². The van der Waals surface area contributed by atoms with E-state index in [0.29, 0.717) is 0 Å². The third kappa shape index (κ3) is 5.93. The Balaban J connectivity index is 2.12. The van der Waals surface area contributed by atoms with E-state index in [9.17, 15) is 14.7 Å². The van der Waals surface area contributed by atoms with Gasteiger partial charge in [-0.1, -0.05) is 35.4 Å². The summed E-state index contributed by atoms with van der Waals surface area (Å²) in [4.78, 5) is 25.4. The molecule has 0 amide bonds. The van der Waals surface area contributed by atoms with Crippen molar-refractivity contribution in [1.82, 2.24) is 0 Å². The summed E-state index contributed by atoms with van der Waals surface area (Å²) in [6, 6.07) is 8.12. The number of benzene rings is 1. The zero-order chi connectivity index (χ0) is 19.8. The lowest BCUT2D eigenvalue weighted by Crippen LogP contribution is -2.60. The van der Waals surface area contributed by atoms with Crippen LogP contribution in [-0.2, 0) is 35.1 Å². The second-order valence-electron chi connectivity index (χ2n) is 5.91. The topological polar surface area (TPSA) is 140 Å². The maximum Gasteiger partial charge on any atom is 0.304 e. The highest BCUT2D eigenvalue weighted by atomic mass is 16.7. The first-order valence-corrected chi connectivity index (χ1v) is 8.26. The van der Waals surface area contributed by atoms with E-state index in [1.165, 1.54) is 0 Å². The van der Waals surface area contributed by atoms with E-state index < -0.39 is 42.6 Å². The molecule has 146 valence electrons. The Morgan fingerprint density at radius 1 is 1.22 bits per heavy atom. The van der Waals surface area contributed by atoms with Gasteiger partial charge in [-0.05, 0) is 11.1 Å². The van der Waals surface area contributed by atoms with E-state index >= 15 is 0 Å². The van der Waals surface area contributed by atoms with Gasteiger partial charge in [0.1, 0.15) is 24.4 Å². The number of rotatable bonds is 7. The molecule has 0 aliphatic carbocycles. The van der Waals surface area contributed by atoms with Crippen molar-refractivity contribution in [1.29, 1.82) is 0 Å². The number of carbonyl (C=O) groups excluding carboxylic acids is 2. The van der Waals surface area contributed by atoms with Crippen LogP contribution in [0.3, 0.4) is 0 Å². The van der Waals surface area contributed by atoms with Crippen LogP contribution in [0, 0.1) is 0 Å². The highest BCUT2D eigenvalue weighted by molar-refractivity contribution is 5.67. The zero-order valence-electron chi connectivity index (χ0n) is 14.9. The molecule has 1 fully saturated rings. The van der Waals surface area contributed by atoms with Crippen LogP contribution in [-0.4, -0.2) is 54.3 Å². The minimum atomic E-state index is -1.34. The lowest BCUT2D eigenvalue weighted by molar-refractivity contribution is -0.264. The fraction of sp³-hybridized carbons (Fsp3) is 0.529. The number of ether oxygens (including phenoxy) is 4. The molecule has 1 heterocycles. The molecule has 27 heavy (non-hydrogen) atoms. The number of azide groups is 1. The largest absolute Gasteiger partial charge is 0.459 e. The van der Waals surface area contributed by atoms with Gasteiger partial charge in [0.25, 0.3) is 0 Å². The molecule has 1 N–H and O–H groups in total. The van der Waals surface area contributed by atoms with E-state index in [1.807, 2.05) is 30.3 Å². The molecule has 1 aromatic carbocycles. The van der Waals surface area contributed by atoms with Gasteiger partial charge >= 0.3 is 11.9 Å². The third-order valence-corrected chi connectivity index (χ3v) is 3.80. The number of hydrogen-bond acceptors (Lipinski definition) is 8. The molecule has 10 nitrogen and oxygen atoms in total. The molecule has 2 rings (SSSR count). The van der Waals surface area contributed by atoms with Gasteiger partial charge in [0.15, 0.2) is 0 Å². The van der Waals surface area contributed by atoms with Crippen LogP contribution in [0.15, 0.2) is 35.4 Å². The molecule has 1 saturated heterocycles. The van der Waals surface area contributed by atoms with Gasteiger partial charge in [-0.15, -0.1) is 0 Å². The van der Waals surface area contributed by atoms with Crippen LogP contribution in [0.5, 0.6) is 0 Å². The van der Waals surface area contributed by atoms with Crippen LogP contribution in [0.1, 0.15) is 19.4 Å². The lowest BCUT2D eigenvalue weighted by atomic mass is 9.97. The van der Waals surface area contributed by atoms with Gasteiger partial charge in [-0.3, -0.25) is 9.59 Å². The van der Waals surface area contributed by atoms with E-state index in [-0.39, 0.29) is 13.2 Å². The van der Waals surface area contributed by atoms with Gasteiger partial charge in [0.2, 0.25) is 6.29 Å². The molecule has 10 heteroatoms. The highest BCUT2D eigenvalue weighted by Crippen LogP contribution is 2.27. The summed E-state index contributed by atoms with van der Waals surface area (Å²) < 4.78 is 21.2. The van der Waals surface area contributed by atoms with Gasteiger partial charge in [-0.2, -0.15) is 0 Å². The van der Waals surface area contributed by atoms with Crippen LogP contribution in [0.2, 0.25) is 0 Å². The standard InChI is InChI=1S/C17H21N3O7/c1-10(21)25-16-14(19-20-18)17(26-11(2)22)27-13(15(16)23)9-24-8-12-6-4-3-5-7-12/h3-7,13-17,23H,8-9H2,1-2H3/t13-,14-,15-,16-,17?/m1/s1. The van der Waals surface area contributed by atoms with Crippen molar-refractivity contribution in [3.8, 4) is 0 Å². The Hall–Kier alpha value is -2.65. The minimum Gasteiger partial charge on any atom is -0.459 e. The first-order valence-electron chi connectivity index (χ1n) is 8.26. The number of aliphatic hydroxyl groups is 1. The average Bonchev–Trinajstić information content (AvgIpc) is 2.62. The minimum absolute atomic E-state index is 0.0609. The highest BCUT2D eigenvalue weighted by Gasteiger charge is 2.48. The summed E-state index contributed by atoms with van der Waals surface area (Å²) in [6.45, 7) is 2.51. The SMILES string of the molecule is CC(=O)OC1O[C@H](COCc2ccccc2)[C@@H](O)[C@H](OC(C)=O)[C@H]1N=[N+]=[N-]. The van der Waals surface area contributed by atoms with E-state index in [0.717, 1.165) is 19.4 Å². The number of esters is 2. The Morgan fingerprint density at radius 2 is 1.89 bits per heavy atom. The number of aliphatic hydroxyl groups excluding tert-OH is 1. The molecule has 5 atom stereocenters. The lowest BCUT2D eigenvalue weighted by Gasteiger charge is -2.41. The molecule has 0 aromatic heterocycles. The molecule has 1 unspecified atom stereocenters. The molecule has 1 aromatic rings. The Morgan fingerprint density at radius 3 is 2.48 bits per heavy atom. The Kier molecular flexibility index (Phi) is 7.56. The fourth-order valence-corrected chi connectivity index (χ4v) is 2.68. The Labute approximate surface area is 155 Å². The molecule has 1 aliphatic rings. The van der Waals surface area contributed by atoms with Crippen molar-refractivity contribution < 1.29 is 33.6 Å². The van der Waals surface area contributed by atoms with Crippen molar-refractivity contribution in [2.24, 2.45) is 5.11 Å². The van der Waals surface area contributed by atoms with E-state index in [2.05, 4.69) is 10.0 Å². The van der Waals surface area contributed by atoms with Crippen molar-refractivity contribution in [2.45, 2.75) is 51.1 Å². The van der Waals surface area contributed by atoms with Gasteiger partial charge in [-0.25, -0.2) is 0 Å². The van der Waals surface area contributed by atoms with Crippen molar-refractivity contribution >= 4 is 11.9 Å². The maximum atomic E-state index is 11.4. The molecular weight excluding hydrogens is 358 g/mol. The summed E-state index contributed by atoms with van der Waals surface area (Å²) in [5.41, 5.74) is 9.68. The zero-order valence-corrected chi connectivity index (χ0v) is 14.9. The van der Waals surface area contributed by atoms with Crippen molar-refractivity contribution in [2.75, 3.05) is 6.61 Å². The second kappa shape index (κ2) is 9.89. The van der Waals surface area contributed by atoms with Crippen molar-refractivity contribution in [3.05, 3.63) is 46.3 Å². The second-order valence-corrected chi connectivity index (χ2v) is 5.91. The monoisotopic (exact) mass is 379 g/mol. The van der Waals surface area contributed by atoms with Gasteiger partial charge in [0.05, 0.1) is 13.2 Å². The summed E-state index contributed by atoms with van der Waals surface area (Å²) in [6.07, 6.45) is -4.88. The smallest absolute Gasteiger partial charge is 0.304 e. The van der Waals surface area contributed by atoms with Crippen molar-refractivity contribution in [3.63, 3.8) is 0 Å².